The van der Waals surface area contributed by atoms with Gasteiger partial charge in [0.25, 0.3) is 11.8 Å². The number of fused-ring (bicyclic) bond motifs is 3. The molecular formula is C16H20N4O3. The van der Waals surface area contributed by atoms with Crippen molar-refractivity contribution in [1.29, 1.82) is 0 Å². The fraction of sp³-hybridized carbons (Fsp3) is 0.438. The van der Waals surface area contributed by atoms with Crippen molar-refractivity contribution in [2.75, 3.05) is 0 Å². The van der Waals surface area contributed by atoms with Crippen LogP contribution in [0.5, 0.6) is 0 Å². The van der Waals surface area contributed by atoms with E-state index in [0.29, 0.717) is 17.0 Å². The molecule has 7 nitrogen and oxygen atoms in total. The van der Waals surface area contributed by atoms with Crippen LogP contribution in [0.25, 0.3) is 0 Å². The molecule has 2 amide bonds. The van der Waals surface area contributed by atoms with Gasteiger partial charge in [0.05, 0.1) is 5.56 Å². The molecule has 0 aliphatic carbocycles. The molecule has 2 atom stereocenters. The Balaban J connectivity index is 2.20. The van der Waals surface area contributed by atoms with Crippen LogP contribution in [0.3, 0.4) is 0 Å². The molecular weight excluding hydrogens is 296 g/mol. The summed E-state index contributed by atoms with van der Waals surface area (Å²) in [6.07, 6.45) is 1.57. The van der Waals surface area contributed by atoms with Crippen LogP contribution in [-0.4, -0.2) is 27.2 Å². The molecule has 3 rings (SSSR count). The van der Waals surface area contributed by atoms with Gasteiger partial charge in [-0.1, -0.05) is 20.4 Å². The van der Waals surface area contributed by atoms with Gasteiger partial charge in [0.15, 0.2) is 0 Å². The minimum Gasteiger partial charge on any atom is -0.301 e. The van der Waals surface area contributed by atoms with Crippen molar-refractivity contribution < 1.29 is 14.4 Å². The monoisotopic (exact) mass is 316 g/mol. The summed E-state index contributed by atoms with van der Waals surface area (Å²) < 4.78 is 0. The van der Waals surface area contributed by atoms with Crippen molar-refractivity contribution in [3.63, 3.8) is 0 Å². The van der Waals surface area contributed by atoms with Gasteiger partial charge >= 0.3 is 0 Å². The number of aromatic nitrogens is 1. The summed E-state index contributed by atoms with van der Waals surface area (Å²) in [5, 5.41) is 2.82. The van der Waals surface area contributed by atoms with E-state index in [4.69, 9.17) is 4.84 Å². The molecule has 1 aromatic heterocycles. The molecule has 0 aromatic carbocycles. The molecule has 0 bridgehead atoms. The number of nitrogens with zero attached hydrogens (tertiary/aromatic N) is 2. The summed E-state index contributed by atoms with van der Waals surface area (Å²) in [6, 6.07) is 3.37. The summed E-state index contributed by atoms with van der Waals surface area (Å²) in [6.45, 7) is 11.0. The van der Waals surface area contributed by atoms with Gasteiger partial charge in [0, 0.05) is 11.9 Å². The van der Waals surface area contributed by atoms with Gasteiger partial charge in [-0.15, -0.1) is 0 Å². The number of carbonyl (C=O) groups excluding carboxylic acids is 2. The Bertz CT molecular complexity index is 717. The van der Waals surface area contributed by atoms with Gasteiger partial charge in [0.2, 0.25) is 5.91 Å². The van der Waals surface area contributed by atoms with E-state index in [9.17, 15) is 9.59 Å². The third-order valence-corrected chi connectivity index (χ3v) is 4.58. The van der Waals surface area contributed by atoms with Crippen LogP contribution in [0.15, 0.2) is 30.6 Å². The third kappa shape index (κ3) is 1.83. The van der Waals surface area contributed by atoms with Crippen LogP contribution in [0.2, 0.25) is 0 Å². The van der Waals surface area contributed by atoms with Crippen LogP contribution in [0, 0.1) is 5.92 Å². The van der Waals surface area contributed by atoms with E-state index >= 15 is 0 Å². The molecule has 0 spiro atoms. The Morgan fingerprint density at radius 1 is 1.48 bits per heavy atom. The lowest BCUT2D eigenvalue weighted by Gasteiger charge is -2.39. The number of hydrogen-bond acceptors (Lipinski definition) is 5. The molecule has 1 saturated heterocycles. The number of nitrogens with one attached hydrogen (secondary N) is 2. The van der Waals surface area contributed by atoms with Crippen molar-refractivity contribution in [3.8, 4) is 0 Å². The Morgan fingerprint density at radius 3 is 2.78 bits per heavy atom. The lowest BCUT2D eigenvalue weighted by atomic mass is 9.87. The molecule has 2 unspecified atom stereocenters. The zero-order valence-corrected chi connectivity index (χ0v) is 13.6. The maximum Gasteiger partial charge on any atom is 0.293 e. The van der Waals surface area contributed by atoms with E-state index in [1.165, 1.54) is 4.90 Å². The highest BCUT2D eigenvalue weighted by atomic mass is 16.7. The van der Waals surface area contributed by atoms with E-state index in [1.54, 1.807) is 32.2 Å². The number of hydrogen-bond donors (Lipinski definition) is 2. The summed E-state index contributed by atoms with van der Waals surface area (Å²) >= 11 is 0. The van der Waals surface area contributed by atoms with Crippen molar-refractivity contribution in [1.82, 2.24) is 20.7 Å². The summed E-state index contributed by atoms with van der Waals surface area (Å²) in [5.74, 6) is -2.15. The number of allylic oxidation sites excluding steroid dienone is 1. The summed E-state index contributed by atoms with van der Waals surface area (Å²) in [7, 11) is 0. The summed E-state index contributed by atoms with van der Waals surface area (Å²) in [4.78, 5) is 37.1. The van der Waals surface area contributed by atoms with Crippen LogP contribution >= 0.6 is 0 Å². The normalized spacial score (nSPS) is 28.7. The van der Waals surface area contributed by atoms with Gasteiger partial charge in [0.1, 0.15) is 11.2 Å². The second-order valence-corrected chi connectivity index (χ2v) is 6.42. The first kappa shape index (κ1) is 15.5. The minimum absolute atomic E-state index is 0.115. The maximum absolute atomic E-state index is 13.0. The minimum atomic E-state index is -1.47. The molecule has 1 fully saturated rings. The first-order valence-corrected chi connectivity index (χ1v) is 7.47. The van der Waals surface area contributed by atoms with E-state index in [2.05, 4.69) is 22.4 Å². The molecule has 2 aliphatic rings. The average molecular weight is 316 g/mol. The molecule has 2 N–H and O–H groups in total. The van der Waals surface area contributed by atoms with E-state index < -0.39 is 11.4 Å². The van der Waals surface area contributed by atoms with Crippen LogP contribution in [-0.2, 0) is 15.5 Å². The second-order valence-electron chi connectivity index (χ2n) is 6.42. The Hall–Kier alpha value is -2.41. The Labute approximate surface area is 134 Å². The number of carbonyl (C=O) groups is 2. The lowest BCUT2D eigenvalue weighted by molar-refractivity contribution is -0.189. The number of hydroxylamine groups is 1. The fourth-order valence-electron chi connectivity index (χ4n) is 3.05. The van der Waals surface area contributed by atoms with Crippen LogP contribution < -0.4 is 10.8 Å². The molecule has 7 heteroatoms. The summed E-state index contributed by atoms with van der Waals surface area (Å²) in [5.41, 5.74) is 2.95. The fourth-order valence-corrected chi connectivity index (χ4v) is 3.05. The number of rotatable bonds is 4. The molecule has 23 heavy (non-hydrogen) atoms. The quantitative estimate of drug-likeness (QED) is 0.817. The smallest absolute Gasteiger partial charge is 0.293 e. The predicted octanol–water partition coefficient (Wildman–Crippen LogP) is 1.25. The molecule has 2 aliphatic heterocycles. The van der Waals surface area contributed by atoms with Gasteiger partial charge in [-0.2, -0.15) is 0 Å². The molecule has 0 radical (unpaired) electrons. The SMILES string of the molecule is C=C(C)NOC12NC(=O)C(C)(C(C)C)N1C(=O)c1cccnc12. The van der Waals surface area contributed by atoms with Crippen molar-refractivity contribution in [3.05, 3.63) is 41.9 Å². The van der Waals surface area contributed by atoms with Crippen LogP contribution in [0.4, 0.5) is 0 Å². The number of pyridine rings is 1. The van der Waals surface area contributed by atoms with Crippen molar-refractivity contribution >= 4 is 11.8 Å². The topological polar surface area (TPSA) is 83.6 Å². The predicted molar refractivity (Wildman–Crippen MR) is 82.5 cm³/mol. The van der Waals surface area contributed by atoms with Gasteiger partial charge in [-0.3, -0.25) is 25.0 Å². The lowest BCUT2D eigenvalue weighted by Crippen LogP contribution is -2.57. The van der Waals surface area contributed by atoms with Gasteiger partial charge in [-0.05, 0) is 31.9 Å². The van der Waals surface area contributed by atoms with E-state index in [1.807, 2.05) is 13.8 Å². The van der Waals surface area contributed by atoms with Crippen molar-refractivity contribution in [2.24, 2.45) is 5.92 Å². The van der Waals surface area contributed by atoms with E-state index in [0.717, 1.165) is 0 Å². The van der Waals surface area contributed by atoms with Crippen molar-refractivity contribution in [2.45, 2.75) is 39.1 Å². The molecule has 1 aromatic rings. The number of amides is 2. The Kier molecular flexibility index (Phi) is 3.23. The van der Waals surface area contributed by atoms with E-state index in [-0.39, 0.29) is 17.7 Å². The first-order valence-electron chi connectivity index (χ1n) is 7.47. The van der Waals surface area contributed by atoms with Crippen LogP contribution in [0.1, 0.15) is 43.7 Å². The highest BCUT2D eigenvalue weighted by Crippen LogP contribution is 2.48. The van der Waals surface area contributed by atoms with Gasteiger partial charge in [-0.25, -0.2) is 4.84 Å². The standard InChI is InChI=1S/C16H20N4O3/c1-9(2)15(5)14(22)18-16(23-19-10(3)4)12-11(7-6-8-17-12)13(21)20(15)16/h6-9,19H,3H2,1-2,4-5H3,(H,18,22). The average Bonchev–Trinajstić information content (AvgIpc) is 2.88. The zero-order chi connectivity index (χ0) is 17.0. The maximum atomic E-state index is 13.0. The highest BCUT2D eigenvalue weighted by Gasteiger charge is 2.69. The zero-order valence-electron chi connectivity index (χ0n) is 13.6. The second kappa shape index (κ2) is 4.79. The molecule has 122 valence electrons. The molecule has 3 heterocycles. The Morgan fingerprint density at radius 2 is 2.17 bits per heavy atom. The first-order chi connectivity index (χ1) is 10.7. The largest absolute Gasteiger partial charge is 0.301 e. The van der Waals surface area contributed by atoms with Gasteiger partial charge < -0.3 is 5.32 Å². The highest BCUT2D eigenvalue weighted by molar-refractivity contribution is 6.06. The third-order valence-electron chi connectivity index (χ3n) is 4.58. The molecule has 0 saturated carbocycles.